The number of likely N-dealkylation sites (tertiary alicyclic amines) is 1. The largest absolute Gasteiger partial charge is 0.375 e. The third-order valence-electron chi connectivity index (χ3n) is 3.76. The molecule has 1 fully saturated rings. The fourth-order valence-electron chi connectivity index (χ4n) is 2.47. The van der Waals surface area contributed by atoms with Crippen molar-refractivity contribution in [2.24, 2.45) is 0 Å². The highest BCUT2D eigenvalue weighted by molar-refractivity contribution is 6.04. The average Bonchev–Trinajstić information content (AvgIpc) is 2.81. The molecule has 0 aromatic heterocycles. The fourth-order valence-corrected chi connectivity index (χ4v) is 2.47. The Hall–Kier alpha value is -2.21. The molecular weight excluding hydrogens is 284 g/mol. The van der Waals surface area contributed by atoms with Crippen molar-refractivity contribution in [3.63, 3.8) is 0 Å². The number of nitrogens with zero attached hydrogens (tertiary/aromatic N) is 1. The number of rotatable bonds is 6. The van der Waals surface area contributed by atoms with Gasteiger partial charge >= 0.3 is 0 Å². The van der Waals surface area contributed by atoms with Crippen molar-refractivity contribution < 1.29 is 19.1 Å². The zero-order valence-electron chi connectivity index (χ0n) is 12.8. The molecule has 1 aromatic rings. The number of nitrogens with one attached hydrogen (secondary N) is 1. The summed E-state index contributed by atoms with van der Waals surface area (Å²) in [5.74, 6) is -0.941. The number of carbonyl (C=O) groups excluding carboxylic acids is 3. The van der Waals surface area contributed by atoms with Gasteiger partial charge in [-0.15, -0.1) is 0 Å². The summed E-state index contributed by atoms with van der Waals surface area (Å²) in [6.45, 7) is 2.04. The summed E-state index contributed by atoms with van der Waals surface area (Å²) in [4.78, 5) is 35.9. The van der Waals surface area contributed by atoms with Crippen molar-refractivity contribution in [1.82, 2.24) is 10.2 Å². The van der Waals surface area contributed by atoms with Gasteiger partial charge in [-0.25, -0.2) is 0 Å². The van der Waals surface area contributed by atoms with Crippen molar-refractivity contribution in [2.75, 3.05) is 20.2 Å². The minimum absolute atomic E-state index is 0.190. The van der Waals surface area contributed by atoms with Gasteiger partial charge in [0.25, 0.3) is 0 Å². The number of hydrogen-bond donors (Lipinski definition) is 1. The van der Waals surface area contributed by atoms with Crippen LogP contribution in [0.15, 0.2) is 24.3 Å². The molecule has 3 amide bonds. The Morgan fingerprint density at radius 1 is 1.27 bits per heavy atom. The van der Waals surface area contributed by atoms with Crippen molar-refractivity contribution in [1.29, 1.82) is 0 Å². The molecule has 1 aromatic carbocycles. The van der Waals surface area contributed by atoms with E-state index < -0.39 is 0 Å². The molecule has 6 nitrogen and oxygen atoms in total. The molecule has 0 bridgehead atoms. The highest BCUT2D eigenvalue weighted by atomic mass is 16.5. The minimum atomic E-state index is -0.362. The van der Waals surface area contributed by atoms with Crippen LogP contribution in [-0.4, -0.2) is 42.8 Å². The smallest absolute Gasteiger partial charge is 0.240 e. The van der Waals surface area contributed by atoms with Crippen molar-refractivity contribution in [3.05, 3.63) is 35.4 Å². The van der Waals surface area contributed by atoms with Crippen molar-refractivity contribution >= 4 is 17.7 Å². The van der Waals surface area contributed by atoms with E-state index in [-0.39, 0.29) is 49.8 Å². The number of methoxy groups -OCH3 is 1. The van der Waals surface area contributed by atoms with Gasteiger partial charge in [-0.3, -0.25) is 19.3 Å². The van der Waals surface area contributed by atoms with Crippen LogP contribution in [-0.2, 0) is 19.1 Å². The average molecular weight is 304 g/mol. The van der Waals surface area contributed by atoms with Gasteiger partial charge in [-0.05, 0) is 18.1 Å². The van der Waals surface area contributed by atoms with Crippen molar-refractivity contribution in [2.45, 2.75) is 25.9 Å². The number of benzene rings is 1. The topological polar surface area (TPSA) is 75.7 Å². The predicted octanol–water partition coefficient (Wildman–Crippen LogP) is 0.948. The van der Waals surface area contributed by atoms with Gasteiger partial charge in [0.05, 0.1) is 6.10 Å². The number of carbonyl (C=O) groups is 3. The molecule has 1 aliphatic rings. The molecule has 1 N–H and O–H groups in total. The van der Waals surface area contributed by atoms with Crippen LogP contribution < -0.4 is 5.32 Å². The Labute approximate surface area is 129 Å². The summed E-state index contributed by atoms with van der Waals surface area (Å²) >= 11 is 0. The van der Waals surface area contributed by atoms with Crippen LogP contribution in [0.5, 0.6) is 0 Å². The molecule has 22 heavy (non-hydrogen) atoms. The Morgan fingerprint density at radius 2 is 1.91 bits per heavy atom. The van der Waals surface area contributed by atoms with Gasteiger partial charge in [-0.2, -0.15) is 0 Å². The van der Waals surface area contributed by atoms with E-state index in [0.717, 1.165) is 16.0 Å². The first kappa shape index (κ1) is 16.2. The van der Waals surface area contributed by atoms with Gasteiger partial charge in [0.1, 0.15) is 6.54 Å². The summed E-state index contributed by atoms with van der Waals surface area (Å²) < 4.78 is 5.42. The lowest BCUT2D eigenvalue weighted by atomic mass is 10.0. The van der Waals surface area contributed by atoms with E-state index in [0.29, 0.717) is 0 Å². The van der Waals surface area contributed by atoms with Crippen LogP contribution in [0.3, 0.4) is 0 Å². The van der Waals surface area contributed by atoms with Crippen LogP contribution in [0, 0.1) is 6.92 Å². The molecule has 0 saturated carbocycles. The third kappa shape index (κ3) is 3.71. The van der Waals surface area contributed by atoms with E-state index in [4.69, 9.17) is 4.74 Å². The lowest BCUT2D eigenvalue weighted by Crippen LogP contribution is -2.41. The van der Waals surface area contributed by atoms with Gasteiger partial charge in [-0.1, -0.05) is 24.3 Å². The fraction of sp³-hybridized carbons (Fsp3) is 0.438. The second-order valence-corrected chi connectivity index (χ2v) is 5.26. The molecule has 1 heterocycles. The molecule has 2 rings (SSSR count). The minimum Gasteiger partial charge on any atom is -0.375 e. The zero-order chi connectivity index (χ0) is 16.1. The highest BCUT2D eigenvalue weighted by Gasteiger charge is 2.30. The summed E-state index contributed by atoms with van der Waals surface area (Å²) in [5, 5.41) is 2.72. The maximum absolute atomic E-state index is 11.9. The number of aryl methyl sites for hydroxylation is 1. The van der Waals surface area contributed by atoms with Crippen LogP contribution in [0.4, 0.5) is 0 Å². The van der Waals surface area contributed by atoms with Crippen LogP contribution in [0.1, 0.15) is 30.1 Å². The molecular formula is C16H20N2O4. The van der Waals surface area contributed by atoms with Gasteiger partial charge in [0, 0.05) is 26.5 Å². The van der Waals surface area contributed by atoms with E-state index >= 15 is 0 Å². The zero-order valence-corrected chi connectivity index (χ0v) is 12.8. The summed E-state index contributed by atoms with van der Waals surface area (Å²) in [7, 11) is 1.58. The van der Waals surface area contributed by atoms with Crippen LogP contribution >= 0.6 is 0 Å². The van der Waals surface area contributed by atoms with E-state index in [1.54, 1.807) is 7.11 Å². The number of hydrogen-bond acceptors (Lipinski definition) is 4. The van der Waals surface area contributed by atoms with Crippen molar-refractivity contribution in [3.8, 4) is 0 Å². The molecule has 0 spiro atoms. The van der Waals surface area contributed by atoms with E-state index in [2.05, 4.69) is 5.32 Å². The first-order valence-corrected chi connectivity index (χ1v) is 7.21. The first-order chi connectivity index (χ1) is 10.5. The Balaban J connectivity index is 1.91. The maximum Gasteiger partial charge on any atom is 0.240 e. The summed E-state index contributed by atoms with van der Waals surface area (Å²) in [6.07, 6.45) is 0.113. The predicted molar refractivity (Wildman–Crippen MR) is 79.9 cm³/mol. The van der Waals surface area contributed by atoms with E-state index in [9.17, 15) is 14.4 Å². The third-order valence-corrected chi connectivity index (χ3v) is 3.76. The first-order valence-electron chi connectivity index (χ1n) is 7.21. The summed E-state index contributed by atoms with van der Waals surface area (Å²) in [5.41, 5.74) is 2.08. The maximum atomic E-state index is 11.9. The molecule has 1 saturated heterocycles. The number of ether oxygens (including phenoxy) is 1. The van der Waals surface area contributed by atoms with Gasteiger partial charge in [0.2, 0.25) is 17.7 Å². The molecule has 0 unspecified atom stereocenters. The molecule has 118 valence electrons. The molecule has 1 atom stereocenters. The second-order valence-electron chi connectivity index (χ2n) is 5.26. The molecule has 6 heteroatoms. The number of imide groups is 1. The lowest BCUT2D eigenvalue weighted by molar-refractivity contribution is -0.142. The molecule has 0 aliphatic carbocycles. The van der Waals surface area contributed by atoms with Crippen LogP contribution in [0.25, 0.3) is 0 Å². The highest BCUT2D eigenvalue weighted by Crippen LogP contribution is 2.19. The second kappa shape index (κ2) is 7.17. The van der Waals surface area contributed by atoms with Gasteiger partial charge < -0.3 is 10.1 Å². The number of amides is 3. The Bertz CT molecular complexity index is 569. The van der Waals surface area contributed by atoms with Crippen LogP contribution in [0.2, 0.25) is 0 Å². The summed E-state index contributed by atoms with van der Waals surface area (Å²) in [6, 6.07) is 7.78. The SMILES string of the molecule is CO[C@@H](CNC(=O)CN1C(=O)CCC1=O)c1ccccc1C. The van der Waals surface area contributed by atoms with E-state index in [1.165, 1.54) is 0 Å². The molecule has 1 aliphatic heterocycles. The normalized spacial score (nSPS) is 16.0. The quantitative estimate of drug-likeness (QED) is 0.794. The van der Waals surface area contributed by atoms with Gasteiger partial charge in [0.15, 0.2) is 0 Å². The monoisotopic (exact) mass is 304 g/mol. The standard InChI is InChI=1S/C16H20N2O4/c1-11-5-3-4-6-12(11)13(22-2)9-17-14(19)10-18-15(20)7-8-16(18)21/h3-6,13H,7-10H2,1-2H3,(H,17,19)/t13-/m0/s1. The van der Waals surface area contributed by atoms with E-state index in [1.807, 2.05) is 31.2 Å². The lowest BCUT2D eigenvalue weighted by Gasteiger charge is -2.19. The Morgan fingerprint density at radius 3 is 2.50 bits per heavy atom. The Kier molecular flexibility index (Phi) is 5.27. The molecule has 0 radical (unpaired) electrons.